The zero-order valence-corrected chi connectivity index (χ0v) is 20.7. The highest BCUT2D eigenvalue weighted by atomic mass is 32.2. The van der Waals surface area contributed by atoms with Gasteiger partial charge < -0.3 is 32.1 Å². The van der Waals surface area contributed by atoms with Crippen LogP contribution < -0.4 is 22.1 Å². The number of nitrogens with zero attached hydrogens (tertiary/aromatic N) is 1. The Kier molecular flexibility index (Phi) is 13.2. The van der Waals surface area contributed by atoms with Gasteiger partial charge in [0.25, 0.3) is 0 Å². The third kappa shape index (κ3) is 9.80. The zero-order valence-electron chi connectivity index (χ0n) is 19.1. The van der Waals surface area contributed by atoms with E-state index in [1.165, 1.54) is 16.7 Å². The summed E-state index contributed by atoms with van der Waals surface area (Å²) >= 11 is 3.06. The highest BCUT2D eigenvalue weighted by Gasteiger charge is 2.37. The second-order valence-corrected chi connectivity index (χ2v) is 9.80. The molecule has 11 nitrogen and oxygen atoms in total. The van der Waals surface area contributed by atoms with Gasteiger partial charge in [0.15, 0.2) is 0 Å². The first-order chi connectivity index (χ1) is 15.6. The van der Waals surface area contributed by atoms with Gasteiger partial charge in [0.1, 0.15) is 18.1 Å². The number of nitrogens with one attached hydrogen (secondary N) is 2. The van der Waals surface area contributed by atoms with Crippen LogP contribution in [0.1, 0.15) is 38.5 Å². The molecule has 0 bridgehead atoms. The molecular formula is C20H35N5O6S2. The second-order valence-electron chi connectivity index (χ2n) is 7.82. The highest BCUT2D eigenvalue weighted by molar-refractivity contribution is 7.98. The summed E-state index contributed by atoms with van der Waals surface area (Å²) in [5.41, 5.74) is 11.1. The monoisotopic (exact) mass is 505 g/mol. The summed E-state index contributed by atoms with van der Waals surface area (Å²) in [6, 6.07) is -3.71. The number of carbonyl (C=O) groups is 5. The van der Waals surface area contributed by atoms with Crippen molar-refractivity contribution in [1.29, 1.82) is 0 Å². The summed E-state index contributed by atoms with van der Waals surface area (Å²) in [4.78, 5) is 62.4. The summed E-state index contributed by atoms with van der Waals surface area (Å²) in [6.07, 6.45) is 5.30. The fourth-order valence-electron chi connectivity index (χ4n) is 3.47. The Bertz CT molecular complexity index is 710. The van der Waals surface area contributed by atoms with Crippen LogP contribution in [0.25, 0.3) is 0 Å². The molecule has 0 aromatic carbocycles. The van der Waals surface area contributed by atoms with Crippen LogP contribution in [0, 0.1) is 0 Å². The third-order valence-corrected chi connectivity index (χ3v) is 6.61. The lowest BCUT2D eigenvalue weighted by Gasteiger charge is -2.28. The topological polar surface area (TPSA) is 185 Å². The second kappa shape index (κ2) is 15.0. The normalized spacial score (nSPS) is 18.3. The molecule has 0 saturated carbocycles. The SMILES string of the molecule is CSCCC(N)C(=O)N1CCCC1C(=O)NC(CCSC)C(=O)NC(CCC(N)=O)C(=O)O. The average Bonchev–Trinajstić information content (AvgIpc) is 3.26. The highest BCUT2D eigenvalue weighted by Crippen LogP contribution is 2.20. The standard InChI is InChI=1S/C20H35N5O6S2/c1-32-10-7-12(21)19(29)25-9-3-4-15(25)18(28)23-13(8-11-33-2)17(27)24-14(20(30)31)5-6-16(22)26/h12-15H,3-11,21H2,1-2H3,(H2,22,26)(H,23,28)(H,24,27)(H,30,31). The number of nitrogens with two attached hydrogens (primary N) is 2. The van der Waals surface area contributed by atoms with Gasteiger partial charge in [0, 0.05) is 13.0 Å². The van der Waals surface area contributed by atoms with Gasteiger partial charge in [0.05, 0.1) is 6.04 Å². The minimum Gasteiger partial charge on any atom is -0.480 e. The Morgan fingerprint density at radius 1 is 1.03 bits per heavy atom. The number of rotatable bonds is 15. The Hall–Kier alpha value is -1.99. The first-order valence-corrected chi connectivity index (χ1v) is 13.6. The molecule has 0 radical (unpaired) electrons. The number of amides is 4. The van der Waals surface area contributed by atoms with Crippen LogP contribution in [0.3, 0.4) is 0 Å². The first-order valence-electron chi connectivity index (χ1n) is 10.8. The molecule has 188 valence electrons. The van der Waals surface area contributed by atoms with Crippen molar-refractivity contribution in [3.8, 4) is 0 Å². The molecular weight excluding hydrogens is 470 g/mol. The lowest BCUT2D eigenvalue weighted by molar-refractivity contribution is -0.143. The number of thioether (sulfide) groups is 2. The largest absolute Gasteiger partial charge is 0.480 e. The molecule has 0 aromatic heterocycles. The molecule has 1 heterocycles. The van der Waals surface area contributed by atoms with Crippen molar-refractivity contribution in [2.75, 3.05) is 30.6 Å². The first kappa shape index (κ1) is 29.0. The van der Waals surface area contributed by atoms with Crippen LogP contribution in [0.4, 0.5) is 0 Å². The van der Waals surface area contributed by atoms with Gasteiger partial charge in [-0.25, -0.2) is 4.79 Å². The summed E-state index contributed by atoms with van der Waals surface area (Å²) in [5, 5.41) is 14.4. The van der Waals surface area contributed by atoms with Crippen LogP contribution >= 0.6 is 23.5 Å². The van der Waals surface area contributed by atoms with E-state index in [-0.39, 0.29) is 25.2 Å². The molecule has 1 aliphatic heterocycles. The molecule has 0 spiro atoms. The van der Waals surface area contributed by atoms with Crippen molar-refractivity contribution in [2.45, 2.75) is 62.7 Å². The van der Waals surface area contributed by atoms with Gasteiger partial charge in [-0.3, -0.25) is 19.2 Å². The van der Waals surface area contributed by atoms with Crippen molar-refractivity contribution in [3.05, 3.63) is 0 Å². The Balaban J connectivity index is 2.86. The van der Waals surface area contributed by atoms with Gasteiger partial charge in [0.2, 0.25) is 23.6 Å². The quantitative estimate of drug-likeness (QED) is 0.189. The van der Waals surface area contributed by atoms with E-state index in [0.717, 1.165) is 5.75 Å². The van der Waals surface area contributed by atoms with Crippen LogP contribution in [0.15, 0.2) is 0 Å². The lowest BCUT2D eigenvalue weighted by atomic mass is 10.1. The molecule has 1 aliphatic rings. The van der Waals surface area contributed by atoms with Crippen LogP contribution in [0.2, 0.25) is 0 Å². The smallest absolute Gasteiger partial charge is 0.326 e. The molecule has 1 saturated heterocycles. The maximum Gasteiger partial charge on any atom is 0.326 e. The average molecular weight is 506 g/mol. The molecule has 4 unspecified atom stereocenters. The van der Waals surface area contributed by atoms with Crippen LogP contribution in [-0.4, -0.2) is 94.3 Å². The van der Waals surface area contributed by atoms with E-state index >= 15 is 0 Å². The van der Waals surface area contributed by atoms with Crippen molar-refractivity contribution in [2.24, 2.45) is 11.5 Å². The van der Waals surface area contributed by atoms with E-state index in [1.54, 1.807) is 11.8 Å². The van der Waals surface area contributed by atoms with E-state index in [9.17, 15) is 29.1 Å². The molecule has 0 aliphatic carbocycles. The minimum atomic E-state index is -1.31. The van der Waals surface area contributed by atoms with Gasteiger partial charge >= 0.3 is 5.97 Å². The molecule has 7 N–H and O–H groups in total. The number of carboxylic acids is 1. The van der Waals surface area contributed by atoms with Crippen molar-refractivity contribution >= 4 is 53.1 Å². The van der Waals surface area contributed by atoms with Gasteiger partial charge in [-0.15, -0.1) is 0 Å². The molecule has 1 fully saturated rings. The summed E-state index contributed by atoms with van der Waals surface area (Å²) in [7, 11) is 0. The fraction of sp³-hybridized carbons (Fsp3) is 0.750. The number of aliphatic carboxylic acids is 1. The van der Waals surface area contributed by atoms with E-state index in [2.05, 4.69) is 10.6 Å². The summed E-state index contributed by atoms with van der Waals surface area (Å²) < 4.78 is 0. The van der Waals surface area contributed by atoms with E-state index in [1.807, 2.05) is 12.5 Å². The lowest BCUT2D eigenvalue weighted by Crippen LogP contribution is -2.56. The maximum absolute atomic E-state index is 13.0. The fourth-order valence-corrected chi connectivity index (χ4v) is 4.43. The number of likely N-dealkylation sites (tertiary alicyclic amines) is 1. The number of hydrogen-bond acceptors (Lipinski definition) is 8. The Labute approximate surface area is 202 Å². The van der Waals surface area contributed by atoms with Gasteiger partial charge in [-0.05, 0) is 56.1 Å². The van der Waals surface area contributed by atoms with Gasteiger partial charge in [-0.2, -0.15) is 23.5 Å². The number of primary amides is 1. The zero-order chi connectivity index (χ0) is 25.0. The Morgan fingerprint density at radius 3 is 2.24 bits per heavy atom. The van der Waals surface area contributed by atoms with E-state index in [4.69, 9.17) is 11.5 Å². The summed E-state index contributed by atoms with van der Waals surface area (Å²) in [6.45, 7) is 0.416. The minimum absolute atomic E-state index is 0.154. The Morgan fingerprint density at radius 2 is 1.67 bits per heavy atom. The van der Waals surface area contributed by atoms with Crippen LogP contribution in [0.5, 0.6) is 0 Å². The van der Waals surface area contributed by atoms with Crippen molar-refractivity contribution in [1.82, 2.24) is 15.5 Å². The van der Waals surface area contributed by atoms with E-state index < -0.39 is 47.9 Å². The molecule has 0 aromatic rings. The summed E-state index contributed by atoms with van der Waals surface area (Å²) in [5.74, 6) is -2.12. The maximum atomic E-state index is 13.0. The molecule has 1 rings (SSSR count). The predicted molar refractivity (Wildman–Crippen MR) is 129 cm³/mol. The van der Waals surface area contributed by atoms with E-state index in [0.29, 0.717) is 31.6 Å². The van der Waals surface area contributed by atoms with Crippen molar-refractivity contribution in [3.63, 3.8) is 0 Å². The number of hydrogen-bond donors (Lipinski definition) is 5. The predicted octanol–water partition coefficient (Wildman–Crippen LogP) is -0.869. The number of carboxylic acid groups (broad SMARTS) is 1. The molecule has 13 heteroatoms. The van der Waals surface area contributed by atoms with Gasteiger partial charge in [-0.1, -0.05) is 0 Å². The molecule has 4 amide bonds. The number of carbonyl (C=O) groups excluding carboxylic acids is 4. The molecule has 33 heavy (non-hydrogen) atoms. The molecule has 4 atom stereocenters. The van der Waals surface area contributed by atoms with Crippen molar-refractivity contribution < 1.29 is 29.1 Å². The third-order valence-electron chi connectivity index (χ3n) is 5.33. The van der Waals surface area contributed by atoms with Crippen LogP contribution in [-0.2, 0) is 24.0 Å².